The van der Waals surface area contributed by atoms with E-state index in [-0.39, 0.29) is 6.04 Å². The highest BCUT2D eigenvalue weighted by Crippen LogP contribution is 2.18. The SMILES string of the molecule is CCc1ccc(C(O)C(C)NC(C)C(=O)O)cc1. The predicted octanol–water partition coefficient (Wildman–Crippen LogP) is 1.73. The Labute approximate surface area is 108 Å². The molecule has 0 amide bonds. The zero-order valence-electron chi connectivity index (χ0n) is 11.1. The van der Waals surface area contributed by atoms with Crippen molar-refractivity contribution in [3.05, 3.63) is 35.4 Å². The Morgan fingerprint density at radius 2 is 1.83 bits per heavy atom. The molecule has 100 valence electrons. The van der Waals surface area contributed by atoms with Gasteiger partial charge < -0.3 is 10.2 Å². The van der Waals surface area contributed by atoms with E-state index in [1.165, 1.54) is 5.56 Å². The summed E-state index contributed by atoms with van der Waals surface area (Å²) in [4.78, 5) is 10.7. The van der Waals surface area contributed by atoms with E-state index in [2.05, 4.69) is 12.2 Å². The molecule has 0 radical (unpaired) electrons. The molecule has 3 atom stereocenters. The molecule has 1 aromatic carbocycles. The minimum atomic E-state index is -0.921. The van der Waals surface area contributed by atoms with Gasteiger partial charge in [-0.3, -0.25) is 10.1 Å². The summed E-state index contributed by atoms with van der Waals surface area (Å²) >= 11 is 0. The summed E-state index contributed by atoms with van der Waals surface area (Å²) in [6.07, 6.45) is 0.248. The number of rotatable bonds is 6. The Morgan fingerprint density at radius 1 is 1.28 bits per heavy atom. The van der Waals surface area contributed by atoms with Crippen LogP contribution in [-0.2, 0) is 11.2 Å². The molecule has 1 aromatic rings. The van der Waals surface area contributed by atoms with E-state index >= 15 is 0 Å². The smallest absolute Gasteiger partial charge is 0.320 e. The quantitative estimate of drug-likeness (QED) is 0.720. The van der Waals surface area contributed by atoms with Gasteiger partial charge in [-0.2, -0.15) is 0 Å². The topological polar surface area (TPSA) is 69.6 Å². The molecule has 3 unspecified atom stereocenters. The number of aryl methyl sites for hydroxylation is 1. The fourth-order valence-corrected chi connectivity index (χ4v) is 1.80. The normalized spacial score (nSPS) is 16.0. The van der Waals surface area contributed by atoms with E-state index in [1.807, 2.05) is 24.3 Å². The van der Waals surface area contributed by atoms with E-state index in [0.717, 1.165) is 12.0 Å². The minimum Gasteiger partial charge on any atom is -0.480 e. The van der Waals surface area contributed by atoms with Crippen LogP contribution in [0.3, 0.4) is 0 Å². The van der Waals surface area contributed by atoms with Crippen LogP contribution in [-0.4, -0.2) is 28.3 Å². The van der Waals surface area contributed by atoms with Gasteiger partial charge in [-0.1, -0.05) is 31.2 Å². The third-order valence-corrected chi connectivity index (χ3v) is 3.09. The molecule has 0 aliphatic heterocycles. The van der Waals surface area contributed by atoms with Crippen molar-refractivity contribution < 1.29 is 15.0 Å². The number of carboxylic acid groups (broad SMARTS) is 1. The lowest BCUT2D eigenvalue weighted by Gasteiger charge is -2.23. The molecule has 0 aliphatic rings. The third-order valence-electron chi connectivity index (χ3n) is 3.09. The first kappa shape index (κ1) is 14.7. The van der Waals surface area contributed by atoms with Crippen LogP contribution in [0.1, 0.15) is 38.0 Å². The molecule has 0 fully saturated rings. The van der Waals surface area contributed by atoms with E-state index in [9.17, 15) is 9.90 Å². The predicted molar refractivity (Wildman–Crippen MR) is 70.5 cm³/mol. The highest BCUT2D eigenvalue weighted by Gasteiger charge is 2.20. The molecule has 0 heterocycles. The van der Waals surface area contributed by atoms with Crippen molar-refractivity contribution in [3.8, 4) is 0 Å². The van der Waals surface area contributed by atoms with Gasteiger partial charge in [0.25, 0.3) is 0 Å². The largest absolute Gasteiger partial charge is 0.480 e. The number of benzene rings is 1. The van der Waals surface area contributed by atoms with Crippen LogP contribution in [0, 0.1) is 0 Å². The average Bonchev–Trinajstić information content (AvgIpc) is 2.37. The molecular formula is C14H21NO3. The average molecular weight is 251 g/mol. The Balaban J connectivity index is 2.67. The Bertz CT molecular complexity index is 389. The fourth-order valence-electron chi connectivity index (χ4n) is 1.80. The number of aliphatic carboxylic acids is 1. The van der Waals surface area contributed by atoms with Gasteiger partial charge in [0.2, 0.25) is 0 Å². The Hall–Kier alpha value is -1.39. The van der Waals surface area contributed by atoms with Gasteiger partial charge in [0, 0.05) is 6.04 Å². The van der Waals surface area contributed by atoms with E-state index in [1.54, 1.807) is 13.8 Å². The summed E-state index contributed by atoms with van der Waals surface area (Å²) in [6, 6.07) is 6.73. The summed E-state index contributed by atoms with van der Waals surface area (Å²) < 4.78 is 0. The van der Waals surface area contributed by atoms with Crippen molar-refractivity contribution in [2.24, 2.45) is 0 Å². The zero-order valence-corrected chi connectivity index (χ0v) is 11.1. The molecule has 0 spiro atoms. The molecule has 0 bridgehead atoms. The van der Waals surface area contributed by atoms with E-state index < -0.39 is 18.1 Å². The summed E-state index contributed by atoms with van der Waals surface area (Å²) in [6.45, 7) is 5.41. The lowest BCUT2D eigenvalue weighted by Crippen LogP contribution is -2.42. The van der Waals surface area contributed by atoms with Crippen molar-refractivity contribution in [1.29, 1.82) is 0 Å². The zero-order chi connectivity index (χ0) is 13.7. The van der Waals surface area contributed by atoms with Gasteiger partial charge in [0.1, 0.15) is 6.04 Å². The first-order valence-electron chi connectivity index (χ1n) is 6.21. The van der Waals surface area contributed by atoms with Crippen LogP contribution in [0.5, 0.6) is 0 Å². The van der Waals surface area contributed by atoms with Crippen LogP contribution in [0.15, 0.2) is 24.3 Å². The van der Waals surface area contributed by atoms with Crippen molar-refractivity contribution in [2.75, 3.05) is 0 Å². The molecule has 4 nitrogen and oxygen atoms in total. The summed E-state index contributed by atoms with van der Waals surface area (Å²) in [5.41, 5.74) is 2.01. The van der Waals surface area contributed by atoms with Crippen molar-refractivity contribution in [2.45, 2.75) is 45.4 Å². The van der Waals surface area contributed by atoms with Crippen LogP contribution >= 0.6 is 0 Å². The monoisotopic (exact) mass is 251 g/mol. The van der Waals surface area contributed by atoms with Gasteiger partial charge in [-0.25, -0.2) is 0 Å². The standard InChI is InChI=1S/C14H21NO3/c1-4-11-5-7-12(8-6-11)13(16)9(2)15-10(3)14(17)18/h5-10,13,15-16H,4H2,1-3H3,(H,17,18). The van der Waals surface area contributed by atoms with Crippen molar-refractivity contribution in [3.63, 3.8) is 0 Å². The molecule has 18 heavy (non-hydrogen) atoms. The second-order valence-corrected chi connectivity index (χ2v) is 4.56. The first-order chi connectivity index (χ1) is 8.45. The van der Waals surface area contributed by atoms with E-state index in [0.29, 0.717) is 0 Å². The highest BCUT2D eigenvalue weighted by atomic mass is 16.4. The fraction of sp³-hybridized carbons (Fsp3) is 0.500. The van der Waals surface area contributed by atoms with Gasteiger partial charge in [-0.15, -0.1) is 0 Å². The highest BCUT2D eigenvalue weighted by molar-refractivity contribution is 5.72. The van der Waals surface area contributed by atoms with Gasteiger partial charge >= 0.3 is 5.97 Å². The van der Waals surface area contributed by atoms with Crippen molar-refractivity contribution in [1.82, 2.24) is 5.32 Å². The van der Waals surface area contributed by atoms with Crippen LogP contribution in [0.25, 0.3) is 0 Å². The Kier molecular flexibility index (Phi) is 5.31. The van der Waals surface area contributed by atoms with Gasteiger partial charge in [-0.05, 0) is 31.4 Å². The maximum absolute atomic E-state index is 10.7. The van der Waals surface area contributed by atoms with Gasteiger partial charge in [0.05, 0.1) is 6.10 Å². The summed E-state index contributed by atoms with van der Waals surface area (Å²) in [5, 5.41) is 21.8. The number of nitrogens with one attached hydrogen (secondary N) is 1. The third kappa shape index (κ3) is 3.82. The second-order valence-electron chi connectivity index (χ2n) is 4.56. The first-order valence-corrected chi connectivity index (χ1v) is 6.21. The van der Waals surface area contributed by atoms with Crippen LogP contribution in [0.4, 0.5) is 0 Å². The number of aliphatic hydroxyl groups excluding tert-OH is 1. The maximum atomic E-state index is 10.7. The Morgan fingerprint density at radius 3 is 2.28 bits per heavy atom. The van der Waals surface area contributed by atoms with Gasteiger partial charge in [0.15, 0.2) is 0 Å². The minimum absolute atomic E-state index is 0.316. The number of hydrogen-bond donors (Lipinski definition) is 3. The molecule has 3 N–H and O–H groups in total. The lowest BCUT2D eigenvalue weighted by molar-refractivity contribution is -0.139. The lowest BCUT2D eigenvalue weighted by atomic mass is 10.0. The summed E-state index contributed by atoms with van der Waals surface area (Å²) in [5.74, 6) is -0.921. The van der Waals surface area contributed by atoms with Crippen LogP contribution in [0.2, 0.25) is 0 Å². The molecular weight excluding hydrogens is 230 g/mol. The molecule has 4 heteroatoms. The number of carboxylic acids is 1. The number of hydrogen-bond acceptors (Lipinski definition) is 3. The number of carbonyl (C=O) groups is 1. The molecule has 0 aliphatic carbocycles. The second kappa shape index (κ2) is 6.52. The van der Waals surface area contributed by atoms with Crippen molar-refractivity contribution >= 4 is 5.97 Å². The summed E-state index contributed by atoms with van der Waals surface area (Å²) in [7, 11) is 0. The van der Waals surface area contributed by atoms with E-state index in [4.69, 9.17) is 5.11 Å². The molecule has 0 saturated carbocycles. The molecule has 0 aromatic heterocycles. The maximum Gasteiger partial charge on any atom is 0.320 e. The number of aliphatic hydroxyl groups is 1. The molecule has 0 saturated heterocycles. The van der Waals surface area contributed by atoms with Crippen LogP contribution < -0.4 is 5.32 Å². The molecule has 1 rings (SSSR count).